The molecule has 1 fully saturated rings. The molecule has 0 bridgehead atoms. The van der Waals surface area contributed by atoms with E-state index in [0.717, 1.165) is 67.7 Å². The number of nitrogens with two attached hydrogens (primary N) is 1. The Morgan fingerprint density at radius 2 is 2.03 bits per heavy atom. The zero-order valence-corrected chi connectivity index (χ0v) is 17.8. The van der Waals surface area contributed by atoms with Gasteiger partial charge in [0, 0.05) is 13.1 Å². The third-order valence-corrected chi connectivity index (χ3v) is 5.75. The van der Waals surface area contributed by atoms with Crippen molar-refractivity contribution < 1.29 is 4.74 Å². The molecule has 5 heteroatoms. The van der Waals surface area contributed by atoms with Crippen LogP contribution < -0.4 is 5.73 Å². The van der Waals surface area contributed by atoms with E-state index in [1.165, 1.54) is 5.56 Å². The van der Waals surface area contributed by atoms with Gasteiger partial charge in [-0.25, -0.2) is 4.98 Å². The second-order valence-corrected chi connectivity index (χ2v) is 8.16. The molecule has 2 aromatic carbocycles. The Morgan fingerprint density at radius 3 is 2.83 bits per heavy atom. The quantitative estimate of drug-likeness (QED) is 0.542. The number of rotatable bonds is 8. The first kappa shape index (κ1) is 20.8. The third-order valence-electron chi connectivity index (χ3n) is 5.75. The van der Waals surface area contributed by atoms with Crippen LogP contribution >= 0.6 is 0 Å². The number of nitrogens with one attached hydrogen (secondary N) is 1. The predicted octanol–water partition coefficient (Wildman–Crippen LogP) is 4.52. The number of benzene rings is 2. The van der Waals surface area contributed by atoms with Crippen molar-refractivity contribution in [1.82, 2.24) is 14.9 Å². The molecule has 0 amide bonds. The summed E-state index contributed by atoms with van der Waals surface area (Å²) in [6.45, 7) is 2.87. The number of fused-ring (bicyclic) bond motifs is 1. The van der Waals surface area contributed by atoms with Gasteiger partial charge in [-0.1, -0.05) is 42.5 Å². The van der Waals surface area contributed by atoms with Gasteiger partial charge in [-0.3, -0.25) is 0 Å². The lowest BCUT2D eigenvalue weighted by Gasteiger charge is -2.31. The van der Waals surface area contributed by atoms with Crippen molar-refractivity contribution in [3.63, 3.8) is 0 Å². The van der Waals surface area contributed by atoms with E-state index in [4.69, 9.17) is 15.5 Å². The maximum Gasteiger partial charge on any atom is 0.141 e. The standard InChI is InChI=1S/C25H32N4O/c1-29-16-13-21(14-17-29)30-24(25-27-22-11-4-5-12-23(22)28-25)20-10-7-9-19(18-20)8-3-2-6-15-26/h3-5,7-12,18,21,24H,2,6,13-17,26H2,1H3,(H,27,28)/b8-3+. The number of imidazole rings is 1. The van der Waals surface area contributed by atoms with Gasteiger partial charge in [-0.2, -0.15) is 0 Å². The normalized spacial score (nSPS) is 17.1. The van der Waals surface area contributed by atoms with E-state index in [0.29, 0.717) is 0 Å². The molecular weight excluding hydrogens is 372 g/mol. The molecule has 3 N–H and O–H groups in total. The molecule has 1 unspecified atom stereocenters. The summed E-state index contributed by atoms with van der Waals surface area (Å²) >= 11 is 0. The highest BCUT2D eigenvalue weighted by atomic mass is 16.5. The molecule has 30 heavy (non-hydrogen) atoms. The minimum atomic E-state index is -0.205. The first-order chi connectivity index (χ1) is 14.7. The lowest BCUT2D eigenvalue weighted by molar-refractivity contribution is -0.0264. The molecule has 0 radical (unpaired) electrons. The number of hydrogen-bond acceptors (Lipinski definition) is 4. The lowest BCUT2D eigenvalue weighted by Crippen LogP contribution is -2.35. The number of aromatic nitrogens is 2. The van der Waals surface area contributed by atoms with Gasteiger partial charge in [0.2, 0.25) is 0 Å². The van der Waals surface area contributed by atoms with Gasteiger partial charge in [-0.05, 0) is 68.6 Å². The highest BCUT2D eigenvalue weighted by Crippen LogP contribution is 2.30. The average molecular weight is 405 g/mol. The van der Waals surface area contributed by atoms with Crippen LogP contribution in [-0.2, 0) is 4.74 Å². The summed E-state index contributed by atoms with van der Waals surface area (Å²) in [7, 11) is 2.17. The van der Waals surface area contributed by atoms with Crippen LogP contribution in [0.3, 0.4) is 0 Å². The summed E-state index contributed by atoms with van der Waals surface area (Å²) in [5, 5.41) is 0. The maximum atomic E-state index is 6.68. The SMILES string of the molecule is CN1CCC(OC(c2cccc(/C=C/CCCN)c2)c2nc3ccccc3[nH]2)CC1. The Morgan fingerprint density at radius 1 is 1.20 bits per heavy atom. The summed E-state index contributed by atoms with van der Waals surface area (Å²) in [6.07, 6.45) is 8.50. The minimum Gasteiger partial charge on any atom is -0.362 e. The number of allylic oxidation sites excluding steroid dienone is 1. The molecule has 0 saturated carbocycles. The average Bonchev–Trinajstić information content (AvgIpc) is 3.20. The van der Waals surface area contributed by atoms with Crippen LogP contribution in [0.1, 0.15) is 48.7 Å². The number of nitrogens with zero attached hydrogens (tertiary/aromatic N) is 2. The van der Waals surface area contributed by atoms with Crippen LogP contribution in [0.5, 0.6) is 0 Å². The molecule has 1 aliphatic heterocycles. The van der Waals surface area contributed by atoms with Crippen molar-refractivity contribution in [2.24, 2.45) is 5.73 Å². The van der Waals surface area contributed by atoms with Crippen molar-refractivity contribution in [1.29, 1.82) is 0 Å². The number of unbranched alkanes of at least 4 members (excludes halogenated alkanes) is 1. The van der Waals surface area contributed by atoms with Crippen LogP contribution in [-0.4, -0.2) is 47.7 Å². The van der Waals surface area contributed by atoms with Crippen LogP contribution in [0, 0.1) is 0 Å². The monoisotopic (exact) mass is 404 g/mol. The Kier molecular flexibility index (Phi) is 6.95. The second kappa shape index (κ2) is 10.0. The lowest BCUT2D eigenvalue weighted by atomic mass is 10.0. The minimum absolute atomic E-state index is 0.205. The third kappa shape index (κ3) is 5.17. The van der Waals surface area contributed by atoms with Gasteiger partial charge in [0.15, 0.2) is 0 Å². The Balaban J connectivity index is 1.62. The van der Waals surface area contributed by atoms with Gasteiger partial charge in [0.25, 0.3) is 0 Å². The van der Waals surface area contributed by atoms with Crippen LogP contribution in [0.4, 0.5) is 0 Å². The van der Waals surface area contributed by atoms with Crippen LogP contribution in [0.15, 0.2) is 54.6 Å². The van der Waals surface area contributed by atoms with Gasteiger partial charge in [0.05, 0.1) is 17.1 Å². The van der Waals surface area contributed by atoms with Crippen molar-refractivity contribution in [3.8, 4) is 0 Å². The molecule has 2 heterocycles. The molecule has 1 aromatic heterocycles. The molecule has 1 atom stereocenters. The van der Waals surface area contributed by atoms with Crippen LogP contribution in [0.25, 0.3) is 17.1 Å². The van der Waals surface area contributed by atoms with Crippen molar-refractivity contribution in [2.75, 3.05) is 26.7 Å². The number of likely N-dealkylation sites (tertiary alicyclic amines) is 1. The molecular formula is C25H32N4O. The fourth-order valence-electron chi connectivity index (χ4n) is 3.99. The molecule has 0 spiro atoms. The molecule has 158 valence electrons. The van der Waals surface area contributed by atoms with Gasteiger partial charge in [-0.15, -0.1) is 0 Å². The largest absolute Gasteiger partial charge is 0.362 e. The fourth-order valence-corrected chi connectivity index (χ4v) is 3.99. The molecule has 1 saturated heterocycles. The molecule has 4 rings (SSSR count). The zero-order valence-electron chi connectivity index (χ0n) is 17.8. The highest BCUT2D eigenvalue weighted by Gasteiger charge is 2.26. The number of para-hydroxylation sites is 2. The highest BCUT2D eigenvalue weighted by molar-refractivity contribution is 5.75. The zero-order chi connectivity index (χ0) is 20.8. The first-order valence-electron chi connectivity index (χ1n) is 11.0. The predicted molar refractivity (Wildman–Crippen MR) is 123 cm³/mol. The molecule has 0 aliphatic carbocycles. The molecule has 5 nitrogen and oxygen atoms in total. The Bertz CT molecular complexity index is 939. The number of hydrogen-bond donors (Lipinski definition) is 2. The number of aromatic amines is 1. The smallest absolute Gasteiger partial charge is 0.141 e. The summed E-state index contributed by atoms with van der Waals surface area (Å²) in [5.74, 6) is 0.874. The van der Waals surface area contributed by atoms with Gasteiger partial charge < -0.3 is 20.4 Å². The first-order valence-corrected chi connectivity index (χ1v) is 11.0. The summed E-state index contributed by atoms with van der Waals surface area (Å²) in [6, 6.07) is 16.7. The van der Waals surface area contributed by atoms with E-state index in [2.05, 4.69) is 59.4 Å². The molecule has 1 aliphatic rings. The summed E-state index contributed by atoms with van der Waals surface area (Å²) < 4.78 is 6.68. The van der Waals surface area contributed by atoms with E-state index < -0.39 is 0 Å². The Hall–Kier alpha value is -2.47. The van der Waals surface area contributed by atoms with E-state index in [-0.39, 0.29) is 12.2 Å². The van der Waals surface area contributed by atoms with E-state index in [1.54, 1.807) is 0 Å². The second-order valence-electron chi connectivity index (χ2n) is 8.16. The summed E-state index contributed by atoms with van der Waals surface area (Å²) in [5.41, 5.74) is 9.93. The van der Waals surface area contributed by atoms with Gasteiger partial charge >= 0.3 is 0 Å². The molecule has 3 aromatic rings. The van der Waals surface area contributed by atoms with Crippen molar-refractivity contribution in [3.05, 3.63) is 71.6 Å². The topological polar surface area (TPSA) is 67.2 Å². The maximum absolute atomic E-state index is 6.68. The number of piperidine rings is 1. The van der Waals surface area contributed by atoms with Crippen molar-refractivity contribution >= 4 is 17.1 Å². The van der Waals surface area contributed by atoms with E-state index >= 15 is 0 Å². The fraction of sp³-hybridized carbons (Fsp3) is 0.400. The van der Waals surface area contributed by atoms with Crippen molar-refractivity contribution in [2.45, 2.75) is 37.9 Å². The van der Waals surface area contributed by atoms with Crippen LogP contribution in [0.2, 0.25) is 0 Å². The summed E-state index contributed by atoms with van der Waals surface area (Å²) in [4.78, 5) is 10.7. The Labute approximate surface area is 178 Å². The number of ether oxygens (including phenoxy) is 1. The van der Waals surface area contributed by atoms with E-state index in [9.17, 15) is 0 Å². The van der Waals surface area contributed by atoms with Gasteiger partial charge in [0.1, 0.15) is 11.9 Å². The number of H-pyrrole nitrogens is 1. The van der Waals surface area contributed by atoms with E-state index in [1.807, 2.05) is 18.2 Å².